The molecule has 21 heavy (non-hydrogen) atoms. The third-order valence-corrected chi connectivity index (χ3v) is 3.98. The maximum absolute atomic E-state index is 12.4. The molecule has 0 spiro atoms. The first-order chi connectivity index (χ1) is 10.1. The molecule has 3 rings (SSSR count). The number of rotatable bonds is 2. The van der Waals surface area contributed by atoms with E-state index in [0.29, 0.717) is 11.3 Å². The quantitative estimate of drug-likeness (QED) is 0.677. The smallest absolute Gasteiger partial charge is 0.257 e. The molecule has 0 aromatic heterocycles. The highest BCUT2D eigenvalue weighted by Crippen LogP contribution is 2.25. The van der Waals surface area contributed by atoms with Crippen LogP contribution < -0.4 is 11.1 Å². The Labute approximate surface area is 130 Å². The van der Waals surface area contributed by atoms with Gasteiger partial charge in [0.25, 0.3) is 5.91 Å². The van der Waals surface area contributed by atoms with E-state index in [1.807, 2.05) is 60.7 Å². The molecule has 0 bridgehead atoms. The number of nitrogen functional groups attached to an aromatic ring is 1. The lowest BCUT2D eigenvalue weighted by atomic mass is 10.0. The second-order valence-electron chi connectivity index (χ2n) is 4.72. The fraction of sp³-hybridized carbons (Fsp3) is 0. The van der Waals surface area contributed by atoms with E-state index in [0.717, 1.165) is 20.9 Å². The van der Waals surface area contributed by atoms with Crippen molar-refractivity contribution in [3.05, 3.63) is 70.7 Å². The van der Waals surface area contributed by atoms with E-state index >= 15 is 0 Å². The van der Waals surface area contributed by atoms with Crippen molar-refractivity contribution in [2.24, 2.45) is 0 Å². The Morgan fingerprint density at radius 1 is 0.952 bits per heavy atom. The molecule has 3 N–H and O–H groups in total. The number of carbonyl (C=O) groups excluding carboxylic acids is 1. The van der Waals surface area contributed by atoms with Crippen LogP contribution in [0.25, 0.3) is 10.8 Å². The minimum Gasteiger partial charge on any atom is -0.398 e. The topological polar surface area (TPSA) is 55.1 Å². The van der Waals surface area contributed by atoms with E-state index in [-0.39, 0.29) is 5.91 Å². The first-order valence-electron chi connectivity index (χ1n) is 6.49. The Morgan fingerprint density at radius 3 is 2.29 bits per heavy atom. The largest absolute Gasteiger partial charge is 0.398 e. The second-order valence-corrected chi connectivity index (χ2v) is 5.57. The molecule has 3 aromatic carbocycles. The lowest BCUT2D eigenvalue weighted by Crippen LogP contribution is -2.14. The average molecular weight is 341 g/mol. The maximum atomic E-state index is 12.4. The lowest BCUT2D eigenvalue weighted by Gasteiger charge is -2.10. The minimum atomic E-state index is -0.217. The van der Waals surface area contributed by atoms with Crippen LogP contribution in [-0.2, 0) is 0 Å². The van der Waals surface area contributed by atoms with Crippen LogP contribution in [0.2, 0.25) is 0 Å². The van der Waals surface area contributed by atoms with Crippen LogP contribution in [0.3, 0.4) is 0 Å². The molecule has 0 radical (unpaired) electrons. The highest BCUT2D eigenvalue weighted by atomic mass is 79.9. The van der Waals surface area contributed by atoms with Crippen LogP contribution in [-0.4, -0.2) is 5.91 Å². The summed E-state index contributed by atoms with van der Waals surface area (Å²) in [6.45, 7) is 0. The zero-order valence-corrected chi connectivity index (χ0v) is 12.7. The van der Waals surface area contributed by atoms with Crippen LogP contribution >= 0.6 is 15.9 Å². The summed E-state index contributed by atoms with van der Waals surface area (Å²) in [6.07, 6.45) is 0. The summed E-state index contributed by atoms with van der Waals surface area (Å²) < 4.78 is 0.831. The minimum absolute atomic E-state index is 0.217. The summed E-state index contributed by atoms with van der Waals surface area (Å²) in [5.41, 5.74) is 7.67. The molecule has 3 nitrogen and oxygen atoms in total. The number of halogens is 1. The van der Waals surface area contributed by atoms with E-state index in [4.69, 9.17) is 5.73 Å². The normalized spacial score (nSPS) is 10.5. The molecule has 0 saturated heterocycles. The van der Waals surface area contributed by atoms with Crippen molar-refractivity contribution in [3.63, 3.8) is 0 Å². The van der Waals surface area contributed by atoms with Gasteiger partial charge in [0.05, 0.1) is 11.3 Å². The third kappa shape index (κ3) is 2.76. The number of hydrogen-bond acceptors (Lipinski definition) is 2. The van der Waals surface area contributed by atoms with Gasteiger partial charge in [-0.25, -0.2) is 0 Å². The SMILES string of the molecule is Nc1cc2ccccc2cc1C(=O)Nc1ccccc1Br. The summed E-state index contributed by atoms with van der Waals surface area (Å²) in [6, 6.07) is 18.9. The highest BCUT2D eigenvalue weighted by Gasteiger charge is 2.12. The van der Waals surface area contributed by atoms with Crippen molar-refractivity contribution in [1.82, 2.24) is 0 Å². The Hall–Kier alpha value is -2.33. The van der Waals surface area contributed by atoms with Gasteiger partial charge < -0.3 is 11.1 Å². The number of carbonyl (C=O) groups is 1. The van der Waals surface area contributed by atoms with Crippen molar-refractivity contribution >= 4 is 44.0 Å². The van der Waals surface area contributed by atoms with Crippen molar-refractivity contribution in [2.45, 2.75) is 0 Å². The van der Waals surface area contributed by atoms with E-state index in [1.54, 1.807) is 0 Å². The van der Waals surface area contributed by atoms with Crippen molar-refractivity contribution in [1.29, 1.82) is 0 Å². The summed E-state index contributed by atoms with van der Waals surface area (Å²) >= 11 is 3.41. The van der Waals surface area contributed by atoms with E-state index in [2.05, 4.69) is 21.2 Å². The molecular formula is C17H13BrN2O. The molecule has 104 valence electrons. The molecule has 4 heteroatoms. The molecular weight excluding hydrogens is 328 g/mol. The fourth-order valence-corrected chi connectivity index (χ4v) is 2.59. The molecule has 3 aromatic rings. The van der Waals surface area contributed by atoms with Gasteiger partial charge in [0.2, 0.25) is 0 Å². The fourth-order valence-electron chi connectivity index (χ4n) is 2.21. The van der Waals surface area contributed by atoms with Crippen molar-refractivity contribution in [2.75, 3.05) is 11.1 Å². The first-order valence-corrected chi connectivity index (χ1v) is 7.28. The third-order valence-electron chi connectivity index (χ3n) is 3.28. The number of hydrogen-bond donors (Lipinski definition) is 2. The number of para-hydroxylation sites is 1. The second kappa shape index (κ2) is 5.58. The number of amides is 1. The van der Waals surface area contributed by atoms with Gasteiger partial charge in [0.15, 0.2) is 0 Å². The van der Waals surface area contributed by atoms with Gasteiger partial charge >= 0.3 is 0 Å². The van der Waals surface area contributed by atoms with Gasteiger partial charge in [-0.1, -0.05) is 36.4 Å². The average Bonchev–Trinajstić information content (AvgIpc) is 2.49. The highest BCUT2D eigenvalue weighted by molar-refractivity contribution is 9.10. The van der Waals surface area contributed by atoms with Crippen LogP contribution in [0.1, 0.15) is 10.4 Å². The van der Waals surface area contributed by atoms with Gasteiger partial charge in [-0.2, -0.15) is 0 Å². The van der Waals surface area contributed by atoms with Crippen molar-refractivity contribution < 1.29 is 4.79 Å². The lowest BCUT2D eigenvalue weighted by molar-refractivity contribution is 0.102. The van der Waals surface area contributed by atoms with Crippen LogP contribution in [0, 0.1) is 0 Å². The summed E-state index contributed by atoms with van der Waals surface area (Å²) in [4.78, 5) is 12.4. The molecule has 0 atom stereocenters. The van der Waals surface area contributed by atoms with Gasteiger partial charge in [-0.3, -0.25) is 4.79 Å². The molecule has 0 aliphatic carbocycles. The molecule has 0 unspecified atom stereocenters. The number of anilines is 2. The molecule has 0 heterocycles. The van der Waals surface area contributed by atoms with E-state index in [9.17, 15) is 4.79 Å². The predicted molar refractivity (Wildman–Crippen MR) is 90.5 cm³/mol. The van der Waals surface area contributed by atoms with Gasteiger partial charge in [-0.05, 0) is 51.0 Å². The first kappa shape index (κ1) is 13.6. The molecule has 0 saturated carbocycles. The molecule has 0 aliphatic rings. The van der Waals surface area contributed by atoms with Gasteiger partial charge in [-0.15, -0.1) is 0 Å². The van der Waals surface area contributed by atoms with Crippen LogP contribution in [0.4, 0.5) is 11.4 Å². The maximum Gasteiger partial charge on any atom is 0.257 e. The molecule has 1 amide bonds. The Bertz CT molecular complexity index is 830. The Kier molecular flexibility index (Phi) is 3.62. The van der Waals surface area contributed by atoms with E-state index < -0.39 is 0 Å². The number of fused-ring (bicyclic) bond motifs is 1. The molecule has 0 aliphatic heterocycles. The van der Waals surface area contributed by atoms with Gasteiger partial charge in [0.1, 0.15) is 0 Å². The number of nitrogens with two attached hydrogens (primary N) is 1. The number of benzene rings is 3. The Balaban J connectivity index is 1.98. The van der Waals surface area contributed by atoms with E-state index in [1.165, 1.54) is 0 Å². The predicted octanol–water partition coefficient (Wildman–Crippen LogP) is 4.44. The summed E-state index contributed by atoms with van der Waals surface area (Å²) in [5.74, 6) is -0.217. The van der Waals surface area contributed by atoms with Crippen LogP contribution in [0.5, 0.6) is 0 Å². The summed E-state index contributed by atoms with van der Waals surface area (Å²) in [7, 11) is 0. The molecule has 0 fully saturated rings. The standard InChI is InChI=1S/C17H13BrN2O/c18-14-7-3-4-8-16(14)20-17(21)13-9-11-5-1-2-6-12(11)10-15(13)19/h1-10H,19H2,(H,20,21). The zero-order chi connectivity index (χ0) is 14.8. The zero-order valence-electron chi connectivity index (χ0n) is 11.1. The van der Waals surface area contributed by atoms with Crippen molar-refractivity contribution in [3.8, 4) is 0 Å². The monoisotopic (exact) mass is 340 g/mol. The van der Waals surface area contributed by atoms with Gasteiger partial charge in [0, 0.05) is 10.2 Å². The summed E-state index contributed by atoms with van der Waals surface area (Å²) in [5, 5.41) is 4.88. The number of nitrogens with one attached hydrogen (secondary N) is 1. The Morgan fingerprint density at radius 2 is 1.57 bits per heavy atom. The van der Waals surface area contributed by atoms with Crippen LogP contribution in [0.15, 0.2) is 65.1 Å².